The summed E-state index contributed by atoms with van der Waals surface area (Å²) in [5.74, 6) is 0.604. The molecular weight excluding hydrogens is 474 g/mol. The van der Waals surface area contributed by atoms with Gasteiger partial charge in [-0.2, -0.15) is 17.9 Å². The molecule has 34 heavy (non-hydrogen) atoms. The lowest BCUT2D eigenvalue weighted by atomic mass is 9.98. The van der Waals surface area contributed by atoms with Crippen LogP contribution >= 0.6 is 0 Å². The Morgan fingerprint density at radius 2 is 1.59 bits per heavy atom. The number of rotatable bonds is 8. The molecular formula is C24H25N3O5S2. The number of hydrogen-bond donors (Lipinski definition) is 1. The highest BCUT2D eigenvalue weighted by Crippen LogP contribution is 2.40. The van der Waals surface area contributed by atoms with Gasteiger partial charge in [-0.1, -0.05) is 48.5 Å². The fourth-order valence-corrected chi connectivity index (χ4v) is 5.81. The highest BCUT2D eigenvalue weighted by atomic mass is 32.2. The first-order valence-electron chi connectivity index (χ1n) is 10.7. The van der Waals surface area contributed by atoms with Gasteiger partial charge in [0.1, 0.15) is 5.75 Å². The zero-order valence-electron chi connectivity index (χ0n) is 18.7. The SMILES string of the molecule is CCOc1ccccc1C1CC(c2ccc(NS(C)(=O)=O)cc2)=NN1S(=O)(=O)c1ccccc1. The molecule has 0 radical (unpaired) electrons. The molecule has 4 rings (SSSR count). The van der Waals surface area contributed by atoms with Crippen LogP contribution in [0.2, 0.25) is 0 Å². The van der Waals surface area contributed by atoms with E-state index in [2.05, 4.69) is 9.82 Å². The normalized spacial score (nSPS) is 16.2. The standard InChI is InChI=1S/C24H25N3O5S2/c1-3-32-24-12-8-7-11-21(24)23-17-22(18-13-15-19(16-14-18)26-33(2,28)29)25-27(23)34(30,31)20-9-5-4-6-10-20/h4-16,23,26H,3,17H2,1-2H3. The van der Waals surface area contributed by atoms with Gasteiger partial charge < -0.3 is 4.74 Å². The highest BCUT2D eigenvalue weighted by Gasteiger charge is 2.39. The molecule has 1 unspecified atom stereocenters. The number of hydrogen-bond acceptors (Lipinski definition) is 6. The summed E-state index contributed by atoms with van der Waals surface area (Å²) in [6.07, 6.45) is 1.41. The lowest BCUT2D eigenvalue weighted by molar-refractivity contribution is 0.316. The van der Waals surface area contributed by atoms with Gasteiger partial charge in [0.25, 0.3) is 10.0 Å². The average molecular weight is 500 g/mol. The Morgan fingerprint density at radius 1 is 0.941 bits per heavy atom. The molecule has 0 spiro atoms. The molecule has 0 aromatic heterocycles. The maximum Gasteiger partial charge on any atom is 0.279 e. The predicted octanol–water partition coefficient (Wildman–Crippen LogP) is 4.00. The summed E-state index contributed by atoms with van der Waals surface area (Å²) in [7, 11) is -7.35. The second kappa shape index (κ2) is 9.47. The number of para-hydroxylation sites is 1. The number of sulfonamides is 2. The van der Waals surface area contributed by atoms with Crippen molar-refractivity contribution in [2.75, 3.05) is 17.6 Å². The smallest absolute Gasteiger partial charge is 0.279 e. The van der Waals surface area contributed by atoms with Crippen molar-refractivity contribution in [2.45, 2.75) is 24.3 Å². The number of nitrogens with one attached hydrogen (secondary N) is 1. The van der Waals surface area contributed by atoms with Gasteiger partial charge in [-0.15, -0.1) is 0 Å². The zero-order chi connectivity index (χ0) is 24.3. The summed E-state index contributed by atoms with van der Waals surface area (Å²) in [5, 5.41) is 4.54. The molecule has 3 aromatic carbocycles. The van der Waals surface area contributed by atoms with Crippen molar-refractivity contribution < 1.29 is 21.6 Å². The first kappa shape index (κ1) is 23.8. The van der Waals surface area contributed by atoms with E-state index < -0.39 is 26.1 Å². The van der Waals surface area contributed by atoms with Crippen LogP contribution in [0.5, 0.6) is 5.75 Å². The van der Waals surface area contributed by atoms with Crippen molar-refractivity contribution in [2.24, 2.45) is 5.10 Å². The van der Waals surface area contributed by atoms with Crippen LogP contribution < -0.4 is 9.46 Å². The number of benzene rings is 3. The van der Waals surface area contributed by atoms with Crippen molar-refractivity contribution in [3.05, 3.63) is 90.0 Å². The summed E-state index contributed by atoms with van der Waals surface area (Å²) in [6.45, 7) is 2.32. The maximum absolute atomic E-state index is 13.6. The van der Waals surface area contributed by atoms with E-state index in [0.717, 1.165) is 16.2 Å². The van der Waals surface area contributed by atoms with E-state index in [1.165, 1.54) is 0 Å². The van der Waals surface area contributed by atoms with Crippen molar-refractivity contribution >= 4 is 31.4 Å². The second-order valence-electron chi connectivity index (χ2n) is 7.78. The number of anilines is 1. The fourth-order valence-electron chi connectivity index (χ4n) is 3.80. The summed E-state index contributed by atoms with van der Waals surface area (Å²) < 4.78 is 59.5. The molecule has 1 atom stereocenters. The third kappa shape index (κ3) is 5.07. The van der Waals surface area contributed by atoms with E-state index in [0.29, 0.717) is 35.7 Å². The summed E-state index contributed by atoms with van der Waals surface area (Å²) in [6, 6.07) is 21.6. The molecule has 0 bridgehead atoms. The Bertz CT molecular complexity index is 1400. The van der Waals surface area contributed by atoms with Crippen LogP contribution in [-0.2, 0) is 20.0 Å². The van der Waals surface area contributed by atoms with Crippen molar-refractivity contribution in [1.29, 1.82) is 0 Å². The van der Waals surface area contributed by atoms with Crippen LogP contribution in [0.15, 0.2) is 88.9 Å². The van der Waals surface area contributed by atoms with Gasteiger partial charge in [-0.25, -0.2) is 8.42 Å². The number of hydrazone groups is 1. The minimum atomic E-state index is -3.94. The van der Waals surface area contributed by atoms with Gasteiger partial charge in [0.15, 0.2) is 0 Å². The summed E-state index contributed by atoms with van der Waals surface area (Å²) in [5.41, 5.74) is 2.40. The second-order valence-corrected chi connectivity index (χ2v) is 11.3. The van der Waals surface area contributed by atoms with Crippen molar-refractivity contribution in [3.8, 4) is 5.75 Å². The van der Waals surface area contributed by atoms with Gasteiger partial charge in [-0.3, -0.25) is 4.72 Å². The van der Waals surface area contributed by atoms with Crippen LogP contribution in [0.3, 0.4) is 0 Å². The first-order valence-corrected chi connectivity index (χ1v) is 14.0. The molecule has 10 heteroatoms. The van der Waals surface area contributed by atoms with Crippen molar-refractivity contribution in [1.82, 2.24) is 4.41 Å². The van der Waals surface area contributed by atoms with Crippen LogP contribution in [0.25, 0.3) is 0 Å². The first-order chi connectivity index (χ1) is 16.2. The molecule has 1 heterocycles. The third-order valence-corrected chi connectivity index (χ3v) is 7.56. The van der Waals surface area contributed by atoms with E-state index in [4.69, 9.17) is 4.74 Å². The quantitative estimate of drug-likeness (QED) is 0.504. The average Bonchev–Trinajstić information content (AvgIpc) is 3.26. The lowest BCUT2D eigenvalue weighted by Gasteiger charge is -2.25. The highest BCUT2D eigenvalue weighted by molar-refractivity contribution is 7.92. The van der Waals surface area contributed by atoms with E-state index in [1.54, 1.807) is 54.6 Å². The summed E-state index contributed by atoms with van der Waals surface area (Å²) in [4.78, 5) is 0.145. The van der Waals surface area contributed by atoms with Crippen LogP contribution in [-0.4, -0.2) is 39.8 Å². The molecule has 1 N–H and O–H groups in total. The van der Waals surface area contributed by atoms with Crippen LogP contribution in [0.4, 0.5) is 5.69 Å². The minimum Gasteiger partial charge on any atom is -0.494 e. The molecule has 0 fully saturated rings. The number of ether oxygens (including phenoxy) is 1. The minimum absolute atomic E-state index is 0.145. The molecule has 178 valence electrons. The van der Waals surface area contributed by atoms with Gasteiger partial charge >= 0.3 is 0 Å². The van der Waals surface area contributed by atoms with Crippen LogP contribution in [0.1, 0.15) is 30.5 Å². The zero-order valence-corrected chi connectivity index (χ0v) is 20.4. The van der Waals surface area contributed by atoms with E-state index in [1.807, 2.05) is 31.2 Å². The summed E-state index contributed by atoms with van der Waals surface area (Å²) >= 11 is 0. The Kier molecular flexibility index (Phi) is 6.63. The molecule has 1 aliphatic rings. The third-order valence-electron chi connectivity index (χ3n) is 5.26. The maximum atomic E-state index is 13.6. The Morgan fingerprint density at radius 3 is 2.24 bits per heavy atom. The predicted molar refractivity (Wildman–Crippen MR) is 132 cm³/mol. The van der Waals surface area contributed by atoms with Gasteiger partial charge in [0.2, 0.25) is 10.0 Å². The largest absolute Gasteiger partial charge is 0.494 e. The Hall–Kier alpha value is -3.37. The molecule has 0 saturated carbocycles. The van der Waals surface area contributed by atoms with E-state index >= 15 is 0 Å². The lowest BCUT2D eigenvalue weighted by Crippen LogP contribution is -2.27. The monoisotopic (exact) mass is 499 g/mol. The molecule has 0 amide bonds. The molecule has 0 saturated heterocycles. The molecule has 1 aliphatic heterocycles. The molecule has 0 aliphatic carbocycles. The van der Waals surface area contributed by atoms with Gasteiger partial charge in [-0.05, 0) is 42.8 Å². The van der Waals surface area contributed by atoms with Crippen LogP contribution in [0, 0.1) is 0 Å². The fraction of sp³-hybridized carbons (Fsp3) is 0.208. The van der Waals surface area contributed by atoms with Gasteiger partial charge in [0, 0.05) is 17.7 Å². The Labute approximate surface area is 200 Å². The van der Waals surface area contributed by atoms with Crippen molar-refractivity contribution in [3.63, 3.8) is 0 Å². The van der Waals surface area contributed by atoms with Gasteiger partial charge in [0.05, 0.1) is 29.5 Å². The molecule has 3 aromatic rings. The van der Waals surface area contributed by atoms with E-state index in [-0.39, 0.29) is 4.90 Å². The topological polar surface area (TPSA) is 105 Å². The molecule has 8 nitrogen and oxygen atoms in total. The number of nitrogens with zero attached hydrogens (tertiary/aromatic N) is 2. The Balaban J connectivity index is 1.76. The van der Waals surface area contributed by atoms with E-state index in [9.17, 15) is 16.8 Å².